The minimum atomic E-state index is -0.728. The van der Waals surface area contributed by atoms with E-state index in [9.17, 15) is 8.78 Å². The number of thiazole rings is 1. The van der Waals surface area contributed by atoms with Gasteiger partial charge in [-0.3, -0.25) is 0 Å². The van der Waals surface area contributed by atoms with Gasteiger partial charge in [-0.1, -0.05) is 15.9 Å². The maximum absolute atomic E-state index is 13.6. The third kappa shape index (κ3) is 2.88. The normalized spacial score (nSPS) is 12.7. The van der Waals surface area contributed by atoms with Crippen molar-refractivity contribution >= 4 is 27.3 Å². The first kappa shape index (κ1) is 12.6. The molecule has 0 amide bonds. The average Bonchev–Trinajstić information content (AvgIpc) is 2.68. The second kappa shape index (κ2) is 5.20. The number of benzene rings is 1. The number of halogens is 3. The number of rotatable bonds is 3. The molecule has 0 aliphatic carbocycles. The highest BCUT2D eigenvalue weighted by molar-refractivity contribution is 9.10. The lowest BCUT2D eigenvalue weighted by atomic mass is 10.0. The maximum atomic E-state index is 13.6. The van der Waals surface area contributed by atoms with E-state index in [2.05, 4.69) is 20.9 Å². The Kier molecular flexibility index (Phi) is 3.86. The molecule has 90 valence electrons. The number of aromatic nitrogens is 1. The van der Waals surface area contributed by atoms with Crippen molar-refractivity contribution in [2.24, 2.45) is 5.73 Å². The van der Waals surface area contributed by atoms with E-state index in [1.165, 1.54) is 23.5 Å². The molecule has 2 nitrogen and oxygen atoms in total. The van der Waals surface area contributed by atoms with Crippen LogP contribution in [-0.4, -0.2) is 4.98 Å². The number of nitrogens with zero attached hydrogens (tertiary/aromatic N) is 1. The van der Waals surface area contributed by atoms with E-state index in [4.69, 9.17) is 5.73 Å². The third-order valence-electron chi connectivity index (χ3n) is 2.29. The van der Waals surface area contributed by atoms with Gasteiger partial charge in [-0.25, -0.2) is 13.8 Å². The second-order valence-electron chi connectivity index (χ2n) is 3.52. The SMILES string of the molecule is NC(Cc1nccs1)c1c(F)cc(Br)cc1F. The smallest absolute Gasteiger partial charge is 0.132 e. The summed E-state index contributed by atoms with van der Waals surface area (Å²) >= 11 is 4.44. The zero-order valence-electron chi connectivity index (χ0n) is 8.66. The van der Waals surface area contributed by atoms with Gasteiger partial charge in [-0.05, 0) is 12.1 Å². The van der Waals surface area contributed by atoms with Crippen LogP contribution in [0.3, 0.4) is 0 Å². The van der Waals surface area contributed by atoms with E-state index in [1.807, 2.05) is 0 Å². The molecule has 0 fully saturated rings. The highest BCUT2D eigenvalue weighted by atomic mass is 79.9. The Morgan fingerprint density at radius 2 is 2.00 bits per heavy atom. The number of hydrogen-bond donors (Lipinski definition) is 1. The van der Waals surface area contributed by atoms with Crippen molar-refractivity contribution < 1.29 is 8.78 Å². The zero-order chi connectivity index (χ0) is 12.4. The molecular formula is C11H9BrF2N2S. The average molecular weight is 319 g/mol. The molecule has 1 unspecified atom stereocenters. The molecule has 2 aromatic rings. The fourth-order valence-corrected chi connectivity index (χ4v) is 2.63. The molecule has 1 aromatic carbocycles. The molecule has 1 aromatic heterocycles. The molecule has 1 atom stereocenters. The summed E-state index contributed by atoms with van der Waals surface area (Å²) in [6.45, 7) is 0. The molecule has 0 saturated carbocycles. The molecule has 0 radical (unpaired) electrons. The Hall–Kier alpha value is -0.850. The summed E-state index contributed by atoms with van der Waals surface area (Å²) in [5.74, 6) is -1.28. The Bertz CT molecular complexity index is 493. The van der Waals surface area contributed by atoms with E-state index in [-0.39, 0.29) is 5.56 Å². The summed E-state index contributed by atoms with van der Waals surface area (Å²) in [6, 6.07) is 1.69. The van der Waals surface area contributed by atoms with Crippen molar-refractivity contribution in [3.63, 3.8) is 0 Å². The summed E-state index contributed by atoms with van der Waals surface area (Å²) in [5, 5.41) is 2.57. The van der Waals surface area contributed by atoms with Gasteiger partial charge in [0.15, 0.2) is 0 Å². The van der Waals surface area contributed by atoms with Crippen LogP contribution in [0.25, 0.3) is 0 Å². The Labute approximate surface area is 110 Å². The fraction of sp³-hybridized carbons (Fsp3) is 0.182. The largest absolute Gasteiger partial charge is 0.323 e. The predicted molar refractivity (Wildman–Crippen MR) is 66.8 cm³/mol. The van der Waals surface area contributed by atoms with Gasteiger partial charge in [-0.15, -0.1) is 11.3 Å². The molecule has 2 N–H and O–H groups in total. The summed E-state index contributed by atoms with van der Waals surface area (Å²) in [6.07, 6.45) is 1.97. The van der Waals surface area contributed by atoms with Gasteiger partial charge in [0.2, 0.25) is 0 Å². The van der Waals surface area contributed by atoms with Gasteiger partial charge in [0, 0.05) is 34.1 Å². The van der Waals surface area contributed by atoms with Crippen LogP contribution in [0, 0.1) is 11.6 Å². The van der Waals surface area contributed by atoms with Crippen LogP contribution in [0.5, 0.6) is 0 Å². The Morgan fingerprint density at radius 3 is 2.53 bits per heavy atom. The monoisotopic (exact) mass is 318 g/mol. The lowest BCUT2D eigenvalue weighted by molar-refractivity contribution is 0.523. The van der Waals surface area contributed by atoms with Gasteiger partial charge in [0.25, 0.3) is 0 Å². The maximum Gasteiger partial charge on any atom is 0.132 e. The van der Waals surface area contributed by atoms with E-state index >= 15 is 0 Å². The van der Waals surface area contributed by atoms with Gasteiger partial charge in [-0.2, -0.15) is 0 Å². The van der Waals surface area contributed by atoms with Crippen LogP contribution in [0.4, 0.5) is 8.78 Å². The van der Waals surface area contributed by atoms with Crippen LogP contribution in [0.15, 0.2) is 28.2 Å². The number of nitrogens with two attached hydrogens (primary N) is 1. The standard InChI is InChI=1S/C11H9BrF2N2S/c12-6-3-7(13)11(8(14)4-6)9(15)5-10-16-1-2-17-10/h1-4,9H,5,15H2. The molecule has 0 aliphatic heterocycles. The van der Waals surface area contributed by atoms with Crippen molar-refractivity contribution in [3.05, 3.63) is 50.4 Å². The van der Waals surface area contributed by atoms with E-state index < -0.39 is 17.7 Å². The van der Waals surface area contributed by atoms with Crippen molar-refractivity contribution in [2.45, 2.75) is 12.5 Å². The molecule has 0 spiro atoms. The van der Waals surface area contributed by atoms with Crippen LogP contribution >= 0.6 is 27.3 Å². The molecule has 0 saturated heterocycles. The molecule has 17 heavy (non-hydrogen) atoms. The minimum Gasteiger partial charge on any atom is -0.323 e. The predicted octanol–water partition coefficient (Wildman–Crippen LogP) is 3.43. The quantitative estimate of drug-likeness (QED) is 0.941. The first-order chi connectivity index (χ1) is 8.08. The van der Waals surface area contributed by atoms with Gasteiger partial charge in [0.05, 0.1) is 5.01 Å². The lowest BCUT2D eigenvalue weighted by Gasteiger charge is -2.12. The van der Waals surface area contributed by atoms with Crippen molar-refractivity contribution in [1.29, 1.82) is 0 Å². The second-order valence-corrected chi connectivity index (χ2v) is 5.41. The first-order valence-electron chi connectivity index (χ1n) is 4.86. The summed E-state index contributed by atoms with van der Waals surface area (Å²) < 4.78 is 27.6. The van der Waals surface area contributed by atoms with E-state index in [0.29, 0.717) is 10.9 Å². The van der Waals surface area contributed by atoms with Crippen LogP contribution < -0.4 is 5.73 Å². The molecule has 0 aliphatic rings. The van der Waals surface area contributed by atoms with Crippen LogP contribution in [-0.2, 0) is 6.42 Å². The van der Waals surface area contributed by atoms with Gasteiger partial charge >= 0.3 is 0 Å². The summed E-state index contributed by atoms with van der Waals surface area (Å²) in [7, 11) is 0. The molecule has 1 heterocycles. The molecule has 6 heteroatoms. The molecular weight excluding hydrogens is 310 g/mol. The van der Waals surface area contributed by atoms with Gasteiger partial charge in [0.1, 0.15) is 11.6 Å². The van der Waals surface area contributed by atoms with Crippen LogP contribution in [0.1, 0.15) is 16.6 Å². The fourth-order valence-electron chi connectivity index (χ4n) is 1.55. The highest BCUT2D eigenvalue weighted by Gasteiger charge is 2.18. The van der Waals surface area contributed by atoms with Crippen molar-refractivity contribution in [2.75, 3.05) is 0 Å². The topological polar surface area (TPSA) is 38.9 Å². The molecule has 2 rings (SSSR count). The Morgan fingerprint density at radius 1 is 1.35 bits per heavy atom. The highest BCUT2D eigenvalue weighted by Crippen LogP contribution is 2.26. The Balaban J connectivity index is 2.27. The van der Waals surface area contributed by atoms with E-state index in [1.54, 1.807) is 11.6 Å². The van der Waals surface area contributed by atoms with Crippen LogP contribution in [0.2, 0.25) is 0 Å². The van der Waals surface area contributed by atoms with Crippen molar-refractivity contribution in [3.8, 4) is 0 Å². The molecule has 0 bridgehead atoms. The summed E-state index contributed by atoms with van der Waals surface area (Å²) in [4.78, 5) is 4.04. The van der Waals surface area contributed by atoms with Crippen molar-refractivity contribution in [1.82, 2.24) is 4.98 Å². The number of hydrogen-bond acceptors (Lipinski definition) is 3. The third-order valence-corrected chi connectivity index (χ3v) is 3.55. The van der Waals surface area contributed by atoms with E-state index in [0.717, 1.165) is 5.01 Å². The zero-order valence-corrected chi connectivity index (χ0v) is 11.1. The van der Waals surface area contributed by atoms with Gasteiger partial charge < -0.3 is 5.73 Å². The lowest BCUT2D eigenvalue weighted by Crippen LogP contribution is -2.17. The minimum absolute atomic E-state index is 0.0941. The first-order valence-corrected chi connectivity index (χ1v) is 6.53. The summed E-state index contributed by atoms with van der Waals surface area (Å²) in [5.41, 5.74) is 5.72.